The molecule has 164 valence electrons. The smallest absolute Gasteiger partial charge is 0.460 e. The van der Waals surface area contributed by atoms with E-state index in [0.29, 0.717) is 0 Å². The van der Waals surface area contributed by atoms with E-state index in [-0.39, 0.29) is 12.0 Å². The largest absolute Gasteiger partial charge is 0.513 e. The Morgan fingerprint density at radius 1 is 1.38 bits per heavy atom. The molecule has 1 fully saturated rings. The van der Waals surface area contributed by atoms with E-state index in [1.165, 1.54) is 13.1 Å². The molecule has 15 heteroatoms. The number of aromatic nitrogens is 2. The number of hydrogen-bond acceptors (Lipinski definition) is 8. The topological polar surface area (TPSA) is 126 Å². The second kappa shape index (κ2) is 8.78. The zero-order valence-corrected chi connectivity index (χ0v) is 16.0. The molecule has 1 aliphatic heterocycles. The third-order valence-electron chi connectivity index (χ3n) is 3.73. The molecular weight excluding hydrogens is 431 g/mol. The molecule has 1 unspecified atom stereocenters. The standard InChI is InChI=1S/C14H17F4N2O8P/c1-7-4-20(13(23)19-12(7)22)11-3-9(27-8(2)21)10(28-11)5-25-29(18,24)26-6-14(15,16)17/h4,9-11H,3,5-6H2,1-2H3,(H,19,22,23)/t9-,10+,11+,29?/m0/s1. The molecule has 10 nitrogen and oxygen atoms in total. The Morgan fingerprint density at radius 2 is 2.03 bits per heavy atom. The second-order valence-corrected chi connectivity index (χ2v) is 7.48. The first-order valence-corrected chi connectivity index (χ1v) is 9.51. The quantitative estimate of drug-likeness (QED) is 0.380. The predicted molar refractivity (Wildman–Crippen MR) is 86.8 cm³/mol. The van der Waals surface area contributed by atoms with Crippen LogP contribution >= 0.6 is 7.91 Å². The Morgan fingerprint density at radius 3 is 2.62 bits per heavy atom. The first-order valence-electron chi connectivity index (χ1n) is 8.07. The Hall–Kier alpha value is -2.02. The van der Waals surface area contributed by atoms with Crippen LogP contribution in [0.5, 0.6) is 0 Å². The molecule has 0 bridgehead atoms. The summed E-state index contributed by atoms with van der Waals surface area (Å²) in [4.78, 5) is 36.7. The fourth-order valence-electron chi connectivity index (χ4n) is 2.51. The SMILES string of the molecule is CC(=O)O[C@H]1C[C@H](n2cc(C)c(=O)[nH]c2=O)O[C@@H]1COP(=O)(F)OCC(F)(F)F. The molecule has 1 aliphatic rings. The van der Waals surface area contributed by atoms with Crippen molar-refractivity contribution in [3.63, 3.8) is 0 Å². The summed E-state index contributed by atoms with van der Waals surface area (Å²) >= 11 is 0. The summed E-state index contributed by atoms with van der Waals surface area (Å²) in [6, 6.07) is 0. The molecule has 0 aromatic carbocycles. The summed E-state index contributed by atoms with van der Waals surface area (Å²) in [5, 5.41) is 0. The van der Waals surface area contributed by atoms with E-state index in [0.717, 1.165) is 11.5 Å². The number of carbonyl (C=O) groups excluding carboxylic acids is 1. The second-order valence-electron chi connectivity index (χ2n) is 6.11. The number of hydrogen-bond donors (Lipinski definition) is 1. The number of halogens is 4. The van der Waals surface area contributed by atoms with Gasteiger partial charge in [0.2, 0.25) is 0 Å². The van der Waals surface area contributed by atoms with Gasteiger partial charge in [-0.1, -0.05) is 0 Å². The third-order valence-corrected chi connectivity index (χ3v) is 4.62. The number of nitrogens with one attached hydrogen (secondary N) is 1. The van der Waals surface area contributed by atoms with Crippen molar-refractivity contribution in [3.05, 3.63) is 32.6 Å². The molecule has 1 saturated heterocycles. The zero-order chi connectivity index (χ0) is 22.0. The van der Waals surface area contributed by atoms with E-state index in [9.17, 15) is 36.3 Å². The van der Waals surface area contributed by atoms with Crippen molar-refractivity contribution < 1.29 is 45.2 Å². The number of aryl methyl sites for hydroxylation is 1. The van der Waals surface area contributed by atoms with Crippen LogP contribution in [0.1, 0.15) is 25.1 Å². The lowest BCUT2D eigenvalue weighted by atomic mass is 10.2. The van der Waals surface area contributed by atoms with Crippen LogP contribution < -0.4 is 11.2 Å². The number of aromatic amines is 1. The highest BCUT2D eigenvalue weighted by Gasteiger charge is 2.42. The molecule has 0 amide bonds. The van der Waals surface area contributed by atoms with E-state index >= 15 is 0 Å². The molecule has 1 aromatic rings. The number of esters is 1. The highest BCUT2D eigenvalue weighted by molar-refractivity contribution is 7.48. The number of carbonyl (C=O) groups is 1. The van der Waals surface area contributed by atoms with Gasteiger partial charge in [-0.05, 0) is 6.92 Å². The summed E-state index contributed by atoms with van der Waals surface area (Å²) in [5.74, 6) is -0.758. The Bertz CT molecular complexity index is 914. The van der Waals surface area contributed by atoms with E-state index in [1.807, 2.05) is 4.98 Å². The lowest BCUT2D eigenvalue weighted by Crippen LogP contribution is -2.33. The van der Waals surface area contributed by atoms with Crippen molar-refractivity contribution in [1.29, 1.82) is 0 Å². The van der Waals surface area contributed by atoms with Crippen molar-refractivity contribution in [2.75, 3.05) is 13.2 Å². The minimum atomic E-state index is -5.57. The van der Waals surface area contributed by atoms with Crippen LogP contribution in [0, 0.1) is 6.92 Å². The van der Waals surface area contributed by atoms with Crippen molar-refractivity contribution >= 4 is 13.9 Å². The summed E-state index contributed by atoms with van der Waals surface area (Å²) < 4.78 is 80.5. The minimum Gasteiger partial charge on any atom is -0.460 e. The Labute approximate surface area is 160 Å². The van der Waals surface area contributed by atoms with Crippen molar-refractivity contribution in [3.8, 4) is 0 Å². The maximum Gasteiger partial charge on any atom is 0.513 e. The van der Waals surface area contributed by atoms with E-state index < -0.39 is 63.0 Å². The predicted octanol–water partition coefficient (Wildman–Crippen LogP) is 1.74. The van der Waals surface area contributed by atoms with Crippen LogP contribution in [0.3, 0.4) is 0 Å². The number of nitrogens with zero attached hydrogens (tertiary/aromatic N) is 1. The number of ether oxygens (including phenoxy) is 2. The van der Waals surface area contributed by atoms with E-state index in [1.54, 1.807) is 0 Å². The molecule has 29 heavy (non-hydrogen) atoms. The van der Waals surface area contributed by atoms with Gasteiger partial charge < -0.3 is 9.47 Å². The van der Waals surface area contributed by atoms with Crippen LogP contribution in [0.2, 0.25) is 0 Å². The molecule has 2 heterocycles. The van der Waals surface area contributed by atoms with Crippen LogP contribution in [-0.4, -0.2) is 47.1 Å². The van der Waals surface area contributed by atoms with Gasteiger partial charge in [0.05, 0.1) is 6.61 Å². The van der Waals surface area contributed by atoms with Gasteiger partial charge in [-0.25, -0.2) is 9.36 Å². The molecule has 4 atom stereocenters. The first kappa shape index (κ1) is 23.3. The highest BCUT2D eigenvalue weighted by Crippen LogP contribution is 2.51. The van der Waals surface area contributed by atoms with Crippen molar-refractivity contribution in [2.45, 2.75) is 44.9 Å². The number of H-pyrrole nitrogens is 1. The summed E-state index contributed by atoms with van der Waals surface area (Å²) in [6.45, 7) is -0.537. The van der Waals surface area contributed by atoms with Crippen LogP contribution in [0.15, 0.2) is 15.8 Å². The van der Waals surface area contributed by atoms with Gasteiger partial charge in [-0.3, -0.25) is 28.2 Å². The highest BCUT2D eigenvalue weighted by atomic mass is 31.2. The molecule has 1 aromatic heterocycles. The van der Waals surface area contributed by atoms with Crippen LogP contribution in [-0.2, 0) is 27.9 Å². The zero-order valence-electron chi connectivity index (χ0n) is 15.1. The maximum absolute atomic E-state index is 13.6. The molecule has 1 N–H and O–H groups in total. The summed E-state index contributed by atoms with van der Waals surface area (Å²) in [7, 11) is -5.57. The monoisotopic (exact) mass is 448 g/mol. The normalized spacial score (nSPS) is 24.3. The molecule has 0 radical (unpaired) electrons. The molecule has 0 saturated carbocycles. The van der Waals surface area contributed by atoms with Gasteiger partial charge in [-0.15, -0.1) is 4.20 Å². The average Bonchev–Trinajstić information content (AvgIpc) is 2.96. The summed E-state index contributed by atoms with van der Waals surface area (Å²) in [6.07, 6.45) is -7.32. The fraction of sp³-hybridized carbons (Fsp3) is 0.643. The molecule has 0 spiro atoms. The maximum atomic E-state index is 13.6. The lowest BCUT2D eigenvalue weighted by molar-refractivity contribution is -0.158. The van der Waals surface area contributed by atoms with Crippen molar-refractivity contribution in [2.24, 2.45) is 0 Å². The van der Waals surface area contributed by atoms with Gasteiger partial charge in [-0.2, -0.15) is 13.2 Å². The van der Waals surface area contributed by atoms with Gasteiger partial charge >= 0.3 is 25.7 Å². The molecule has 0 aliphatic carbocycles. The fourth-order valence-corrected chi connectivity index (χ4v) is 3.21. The van der Waals surface area contributed by atoms with E-state index in [2.05, 4.69) is 9.05 Å². The molecule has 2 rings (SSSR count). The van der Waals surface area contributed by atoms with Gasteiger partial charge in [0.15, 0.2) is 6.61 Å². The van der Waals surface area contributed by atoms with E-state index in [4.69, 9.17) is 9.47 Å². The van der Waals surface area contributed by atoms with Gasteiger partial charge in [0.1, 0.15) is 18.4 Å². The van der Waals surface area contributed by atoms with Crippen LogP contribution in [0.25, 0.3) is 0 Å². The summed E-state index contributed by atoms with van der Waals surface area (Å²) in [5.41, 5.74) is -1.29. The van der Waals surface area contributed by atoms with Crippen molar-refractivity contribution in [1.82, 2.24) is 9.55 Å². The third kappa shape index (κ3) is 6.77. The Balaban J connectivity index is 2.12. The minimum absolute atomic E-state index is 0.126. The lowest BCUT2D eigenvalue weighted by Gasteiger charge is -2.19. The van der Waals surface area contributed by atoms with Gasteiger partial charge in [0, 0.05) is 25.1 Å². The Kier molecular flexibility index (Phi) is 7.04. The van der Waals surface area contributed by atoms with Gasteiger partial charge in [0.25, 0.3) is 5.56 Å². The molecular formula is C14H17F4N2O8P. The first-order chi connectivity index (χ1) is 13.3. The number of alkyl halides is 3. The average molecular weight is 448 g/mol. The number of rotatable bonds is 7. The van der Waals surface area contributed by atoms with Crippen LogP contribution in [0.4, 0.5) is 17.4 Å².